The second kappa shape index (κ2) is 7.24. The van der Waals surface area contributed by atoms with Gasteiger partial charge < -0.3 is 10.4 Å². The van der Waals surface area contributed by atoms with Crippen LogP contribution in [0.15, 0.2) is 0 Å². The van der Waals surface area contributed by atoms with Gasteiger partial charge in [0.15, 0.2) is 0 Å². The third kappa shape index (κ3) is 5.61. The average molecular weight is 199 g/mol. The van der Waals surface area contributed by atoms with Gasteiger partial charge in [-0.25, -0.2) is 0 Å². The van der Waals surface area contributed by atoms with E-state index in [-0.39, 0.29) is 6.10 Å². The topological polar surface area (TPSA) is 32.3 Å². The molecule has 1 aliphatic rings. The Labute approximate surface area is 88.1 Å². The Kier molecular flexibility index (Phi) is 6.20. The lowest BCUT2D eigenvalue weighted by Crippen LogP contribution is -2.25. The van der Waals surface area contributed by atoms with Gasteiger partial charge in [0.25, 0.3) is 0 Å². The van der Waals surface area contributed by atoms with Crippen LogP contribution in [0.4, 0.5) is 0 Å². The molecule has 1 saturated carbocycles. The van der Waals surface area contributed by atoms with E-state index in [0.29, 0.717) is 0 Å². The fourth-order valence-electron chi connectivity index (χ4n) is 2.19. The lowest BCUT2D eigenvalue weighted by molar-refractivity contribution is 0.183. The molecule has 1 fully saturated rings. The van der Waals surface area contributed by atoms with Crippen molar-refractivity contribution in [3.63, 3.8) is 0 Å². The molecule has 0 heterocycles. The molecular weight excluding hydrogens is 174 g/mol. The fraction of sp³-hybridized carbons (Fsp3) is 1.00. The molecule has 0 bridgehead atoms. The zero-order valence-corrected chi connectivity index (χ0v) is 9.47. The van der Waals surface area contributed by atoms with Crippen molar-refractivity contribution in [3.8, 4) is 0 Å². The van der Waals surface area contributed by atoms with Crippen molar-refractivity contribution in [2.24, 2.45) is 5.92 Å². The number of aliphatic hydroxyl groups is 1. The van der Waals surface area contributed by atoms with Crippen LogP contribution in [0.2, 0.25) is 0 Å². The summed E-state index contributed by atoms with van der Waals surface area (Å²) in [5.74, 6) is 0.895. The molecule has 0 aromatic rings. The molecule has 1 rings (SSSR count). The molecule has 0 amide bonds. The van der Waals surface area contributed by atoms with E-state index in [0.717, 1.165) is 25.4 Å². The van der Waals surface area contributed by atoms with Crippen LogP contribution in [0.3, 0.4) is 0 Å². The number of hydrogen-bond donors (Lipinski definition) is 2. The summed E-state index contributed by atoms with van der Waals surface area (Å²) >= 11 is 0. The summed E-state index contributed by atoms with van der Waals surface area (Å²) in [4.78, 5) is 0. The minimum Gasteiger partial charge on any atom is -0.393 e. The largest absolute Gasteiger partial charge is 0.393 e. The van der Waals surface area contributed by atoms with Crippen molar-refractivity contribution < 1.29 is 5.11 Å². The molecule has 14 heavy (non-hydrogen) atoms. The van der Waals surface area contributed by atoms with Crippen LogP contribution in [-0.4, -0.2) is 24.3 Å². The highest BCUT2D eigenvalue weighted by Crippen LogP contribution is 2.21. The minimum absolute atomic E-state index is 0.156. The molecule has 1 aliphatic carbocycles. The SMILES string of the molecule is CC(O)CCNCC1CCCCCC1. The Morgan fingerprint density at radius 3 is 2.43 bits per heavy atom. The van der Waals surface area contributed by atoms with E-state index in [4.69, 9.17) is 5.11 Å². The Bertz CT molecular complexity index is 128. The molecule has 1 atom stereocenters. The highest BCUT2D eigenvalue weighted by atomic mass is 16.3. The van der Waals surface area contributed by atoms with Crippen molar-refractivity contribution in [2.75, 3.05) is 13.1 Å². The molecule has 0 spiro atoms. The standard InChI is InChI=1S/C12H25NO/c1-11(14)8-9-13-10-12-6-4-2-3-5-7-12/h11-14H,2-10H2,1H3. The summed E-state index contributed by atoms with van der Waals surface area (Å²) in [5.41, 5.74) is 0. The molecule has 0 radical (unpaired) electrons. The molecule has 2 heteroatoms. The third-order valence-corrected chi connectivity index (χ3v) is 3.15. The first-order chi connectivity index (χ1) is 6.79. The third-order valence-electron chi connectivity index (χ3n) is 3.15. The molecule has 0 saturated heterocycles. The highest BCUT2D eigenvalue weighted by Gasteiger charge is 2.11. The quantitative estimate of drug-likeness (QED) is 0.526. The van der Waals surface area contributed by atoms with Gasteiger partial charge in [-0.05, 0) is 45.2 Å². The van der Waals surface area contributed by atoms with Crippen LogP contribution in [0.5, 0.6) is 0 Å². The van der Waals surface area contributed by atoms with Gasteiger partial charge in [-0.2, -0.15) is 0 Å². The summed E-state index contributed by atoms with van der Waals surface area (Å²) in [7, 11) is 0. The molecule has 0 aliphatic heterocycles. The van der Waals surface area contributed by atoms with Crippen molar-refractivity contribution in [1.82, 2.24) is 5.32 Å². The van der Waals surface area contributed by atoms with Gasteiger partial charge in [-0.3, -0.25) is 0 Å². The van der Waals surface area contributed by atoms with E-state index in [1.54, 1.807) is 0 Å². The highest BCUT2D eigenvalue weighted by molar-refractivity contribution is 4.67. The van der Waals surface area contributed by atoms with Gasteiger partial charge in [0.05, 0.1) is 6.10 Å². The van der Waals surface area contributed by atoms with Gasteiger partial charge in [0.2, 0.25) is 0 Å². The number of rotatable bonds is 5. The van der Waals surface area contributed by atoms with Crippen molar-refractivity contribution >= 4 is 0 Å². The molecule has 2 N–H and O–H groups in total. The van der Waals surface area contributed by atoms with Gasteiger partial charge in [-0.1, -0.05) is 25.7 Å². The predicted molar refractivity (Wildman–Crippen MR) is 60.4 cm³/mol. The van der Waals surface area contributed by atoms with Gasteiger partial charge in [0, 0.05) is 0 Å². The molecule has 0 aromatic carbocycles. The Balaban J connectivity index is 1.99. The first kappa shape index (κ1) is 12.0. The van der Waals surface area contributed by atoms with Crippen molar-refractivity contribution in [3.05, 3.63) is 0 Å². The summed E-state index contributed by atoms with van der Waals surface area (Å²) in [6.07, 6.45) is 9.24. The maximum Gasteiger partial charge on any atom is 0.0524 e. The van der Waals surface area contributed by atoms with Crippen LogP contribution in [0.25, 0.3) is 0 Å². The summed E-state index contributed by atoms with van der Waals surface area (Å²) in [6, 6.07) is 0. The minimum atomic E-state index is -0.156. The Hall–Kier alpha value is -0.0800. The summed E-state index contributed by atoms with van der Waals surface area (Å²) < 4.78 is 0. The first-order valence-corrected chi connectivity index (χ1v) is 6.18. The average Bonchev–Trinajstić information content (AvgIpc) is 2.40. The van der Waals surface area contributed by atoms with Gasteiger partial charge in [0.1, 0.15) is 0 Å². The number of aliphatic hydroxyl groups excluding tert-OH is 1. The van der Waals surface area contributed by atoms with Gasteiger partial charge in [-0.15, -0.1) is 0 Å². The van der Waals surface area contributed by atoms with E-state index in [1.165, 1.54) is 38.5 Å². The maximum atomic E-state index is 9.09. The summed E-state index contributed by atoms with van der Waals surface area (Å²) in [6.45, 7) is 3.98. The van der Waals surface area contributed by atoms with E-state index in [1.807, 2.05) is 6.92 Å². The smallest absolute Gasteiger partial charge is 0.0524 e. The molecule has 2 nitrogen and oxygen atoms in total. The van der Waals surface area contributed by atoms with Gasteiger partial charge >= 0.3 is 0 Å². The van der Waals surface area contributed by atoms with Crippen LogP contribution in [0, 0.1) is 5.92 Å². The lowest BCUT2D eigenvalue weighted by Gasteiger charge is -2.15. The molecule has 84 valence electrons. The normalized spacial score (nSPS) is 21.9. The molecule has 0 aromatic heterocycles. The van der Waals surface area contributed by atoms with Crippen LogP contribution < -0.4 is 5.32 Å². The first-order valence-electron chi connectivity index (χ1n) is 6.18. The maximum absolute atomic E-state index is 9.09. The van der Waals surface area contributed by atoms with E-state index >= 15 is 0 Å². The number of hydrogen-bond acceptors (Lipinski definition) is 2. The molecular formula is C12H25NO. The Morgan fingerprint density at radius 2 is 1.86 bits per heavy atom. The number of nitrogens with one attached hydrogen (secondary N) is 1. The Morgan fingerprint density at radius 1 is 1.21 bits per heavy atom. The van der Waals surface area contributed by atoms with Crippen LogP contribution in [-0.2, 0) is 0 Å². The molecule has 1 unspecified atom stereocenters. The van der Waals surface area contributed by atoms with Crippen molar-refractivity contribution in [2.45, 2.75) is 58.0 Å². The predicted octanol–water partition coefficient (Wildman–Crippen LogP) is 2.32. The van der Waals surface area contributed by atoms with Crippen LogP contribution in [0.1, 0.15) is 51.9 Å². The van der Waals surface area contributed by atoms with E-state index < -0.39 is 0 Å². The summed E-state index contributed by atoms with van der Waals surface area (Å²) in [5, 5.41) is 12.5. The fourth-order valence-corrected chi connectivity index (χ4v) is 2.19. The second-order valence-electron chi connectivity index (χ2n) is 4.70. The zero-order valence-electron chi connectivity index (χ0n) is 9.47. The van der Waals surface area contributed by atoms with Crippen LogP contribution >= 0.6 is 0 Å². The lowest BCUT2D eigenvalue weighted by atomic mass is 10.0. The van der Waals surface area contributed by atoms with Crippen molar-refractivity contribution in [1.29, 1.82) is 0 Å². The monoisotopic (exact) mass is 199 g/mol. The zero-order chi connectivity index (χ0) is 10.2. The van der Waals surface area contributed by atoms with E-state index in [9.17, 15) is 0 Å². The van der Waals surface area contributed by atoms with E-state index in [2.05, 4.69) is 5.32 Å². The second-order valence-corrected chi connectivity index (χ2v) is 4.70.